The van der Waals surface area contributed by atoms with Crippen molar-refractivity contribution >= 4 is 33.5 Å². The van der Waals surface area contributed by atoms with Crippen LogP contribution in [-0.2, 0) is 4.79 Å². The van der Waals surface area contributed by atoms with Gasteiger partial charge in [0.05, 0.1) is 0 Å². The Hall–Kier alpha value is -1.56. The number of carbonyl (C=O) groups is 2. The van der Waals surface area contributed by atoms with Crippen molar-refractivity contribution in [2.24, 2.45) is 5.92 Å². The van der Waals surface area contributed by atoms with Crippen LogP contribution in [0, 0.1) is 5.92 Å². The van der Waals surface area contributed by atoms with Gasteiger partial charge in [-0.3, -0.25) is 4.79 Å². The van der Waals surface area contributed by atoms with Crippen molar-refractivity contribution in [3.63, 3.8) is 0 Å². The summed E-state index contributed by atoms with van der Waals surface area (Å²) >= 11 is 3.24. The van der Waals surface area contributed by atoms with E-state index in [1.54, 1.807) is 19.1 Å². The van der Waals surface area contributed by atoms with Crippen molar-refractivity contribution < 1.29 is 14.7 Å². The summed E-state index contributed by atoms with van der Waals surface area (Å²) in [6.07, 6.45) is 0.665. The third kappa shape index (κ3) is 4.24. The zero-order chi connectivity index (χ0) is 14.6. The normalized spacial score (nSPS) is 13.6. The number of carboxylic acid groups (broad SMARTS) is 1. The Bertz CT molecular complexity index is 471. The summed E-state index contributed by atoms with van der Waals surface area (Å²) in [5.74, 6) is -1.63. The lowest BCUT2D eigenvalue weighted by Crippen LogP contribution is -2.45. The van der Waals surface area contributed by atoms with Gasteiger partial charge in [-0.15, -0.1) is 0 Å². The molecule has 1 amide bonds. The van der Waals surface area contributed by atoms with Crippen LogP contribution in [0.25, 0.3) is 0 Å². The number of carbonyl (C=O) groups excluding carboxylic acids is 1. The lowest BCUT2D eigenvalue weighted by atomic mass is 9.99. The zero-order valence-electron chi connectivity index (χ0n) is 10.8. The number of carboxylic acids is 1. The molecule has 0 aliphatic heterocycles. The van der Waals surface area contributed by atoms with E-state index in [0.717, 1.165) is 0 Å². The van der Waals surface area contributed by atoms with Gasteiger partial charge in [-0.1, -0.05) is 36.2 Å². The Morgan fingerprint density at radius 3 is 2.53 bits per heavy atom. The van der Waals surface area contributed by atoms with E-state index in [2.05, 4.69) is 21.2 Å². The Balaban J connectivity index is 2.90. The molecule has 19 heavy (non-hydrogen) atoms. The molecule has 0 spiro atoms. The third-order valence-corrected chi connectivity index (χ3v) is 3.41. The average molecular weight is 329 g/mol. The summed E-state index contributed by atoms with van der Waals surface area (Å²) in [4.78, 5) is 23.2. The number of aliphatic carboxylic acids is 1. The van der Waals surface area contributed by atoms with Crippen LogP contribution >= 0.6 is 15.9 Å². The first-order valence-electron chi connectivity index (χ1n) is 5.94. The van der Waals surface area contributed by atoms with E-state index in [1.807, 2.05) is 6.92 Å². The van der Waals surface area contributed by atoms with Gasteiger partial charge < -0.3 is 16.2 Å². The Morgan fingerprint density at radius 1 is 1.42 bits per heavy atom. The van der Waals surface area contributed by atoms with E-state index in [-0.39, 0.29) is 5.92 Å². The molecule has 0 aliphatic rings. The van der Waals surface area contributed by atoms with E-state index >= 15 is 0 Å². The molecule has 0 saturated carbocycles. The number of hydrogen-bond acceptors (Lipinski definition) is 3. The van der Waals surface area contributed by atoms with Crippen LogP contribution in [0.3, 0.4) is 0 Å². The summed E-state index contributed by atoms with van der Waals surface area (Å²) in [6.45, 7) is 3.66. The van der Waals surface area contributed by atoms with Gasteiger partial charge in [-0.2, -0.15) is 0 Å². The van der Waals surface area contributed by atoms with Crippen molar-refractivity contribution in [1.29, 1.82) is 0 Å². The number of nitrogens with one attached hydrogen (secondary N) is 1. The van der Waals surface area contributed by atoms with Gasteiger partial charge in [0.25, 0.3) is 5.91 Å². The molecular formula is C13H17BrN2O3. The highest BCUT2D eigenvalue weighted by atomic mass is 79.9. The second-order valence-corrected chi connectivity index (χ2v) is 5.36. The first-order chi connectivity index (χ1) is 8.85. The topological polar surface area (TPSA) is 92.4 Å². The summed E-state index contributed by atoms with van der Waals surface area (Å²) in [6, 6.07) is 3.87. The molecule has 104 valence electrons. The number of rotatable bonds is 5. The van der Waals surface area contributed by atoms with E-state index in [1.165, 1.54) is 6.07 Å². The number of anilines is 1. The molecule has 2 atom stereocenters. The molecule has 5 nitrogen and oxygen atoms in total. The molecule has 6 heteroatoms. The van der Waals surface area contributed by atoms with Crippen molar-refractivity contribution in [3.8, 4) is 0 Å². The van der Waals surface area contributed by atoms with Crippen molar-refractivity contribution in [3.05, 3.63) is 28.2 Å². The maximum atomic E-state index is 12.0. The molecule has 0 heterocycles. The van der Waals surface area contributed by atoms with Crippen molar-refractivity contribution in [2.75, 3.05) is 5.73 Å². The number of halogens is 1. The first-order valence-corrected chi connectivity index (χ1v) is 6.74. The van der Waals surface area contributed by atoms with Crippen LogP contribution in [0.1, 0.15) is 30.6 Å². The second-order valence-electron chi connectivity index (χ2n) is 4.45. The van der Waals surface area contributed by atoms with Gasteiger partial charge in [-0.25, -0.2) is 4.79 Å². The molecule has 0 saturated heterocycles. The fourth-order valence-corrected chi connectivity index (χ4v) is 2.16. The fourth-order valence-electron chi connectivity index (χ4n) is 1.65. The van der Waals surface area contributed by atoms with Gasteiger partial charge >= 0.3 is 5.97 Å². The van der Waals surface area contributed by atoms with Crippen molar-refractivity contribution in [1.82, 2.24) is 5.32 Å². The number of nitrogens with two attached hydrogens (primary N) is 1. The lowest BCUT2D eigenvalue weighted by molar-refractivity contribution is -0.140. The Labute approximate surface area is 120 Å². The second kappa shape index (κ2) is 6.56. The highest BCUT2D eigenvalue weighted by molar-refractivity contribution is 9.10. The standard InChI is InChI=1S/C13H17BrN2O3/c1-3-7(2)11(13(18)19)16-12(17)8-4-9(14)6-10(15)5-8/h4-7,11H,3,15H2,1-2H3,(H,16,17)(H,18,19)/t7-,11-/m0/s1. The molecule has 4 N–H and O–H groups in total. The Morgan fingerprint density at radius 2 is 2.05 bits per heavy atom. The van der Waals surface area contributed by atoms with Gasteiger partial charge in [-0.05, 0) is 24.1 Å². The van der Waals surface area contributed by atoms with Crippen LogP contribution in [0.15, 0.2) is 22.7 Å². The number of benzene rings is 1. The zero-order valence-corrected chi connectivity index (χ0v) is 12.4. The molecule has 0 bridgehead atoms. The summed E-state index contributed by atoms with van der Waals surface area (Å²) in [7, 11) is 0. The molecule has 0 radical (unpaired) electrons. The Kier molecular flexibility index (Phi) is 5.35. The molecular weight excluding hydrogens is 312 g/mol. The summed E-state index contributed by atoms with van der Waals surface area (Å²) in [5.41, 5.74) is 6.42. The fraction of sp³-hybridized carbons (Fsp3) is 0.385. The lowest BCUT2D eigenvalue weighted by Gasteiger charge is -2.20. The van der Waals surface area contributed by atoms with Gasteiger partial charge in [0.2, 0.25) is 0 Å². The predicted octanol–water partition coefficient (Wildman–Crippen LogP) is 2.26. The van der Waals surface area contributed by atoms with Crippen LogP contribution in [0.5, 0.6) is 0 Å². The minimum absolute atomic E-state index is 0.147. The monoisotopic (exact) mass is 328 g/mol. The van der Waals surface area contributed by atoms with Crippen LogP contribution in [0.2, 0.25) is 0 Å². The molecule has 1 rings (SSSR count). The summed E-state index contributed by atoms with van der Waals surface area (Å²) in [5, 5.41) is 11.7. The largest absolute Gasteiger partial charge is 0.480 e. The van der Waals surface area contributed by atoms with Crippen molar-refractivity contribution in [2.45, 2.75) is 26.3 Å². The SMILES string of the molecule is CC[C@H](C)[C@H](NC(=O)c1cc(N)cc(Br)c1)C(=O)O. The predicted molar refractivity (Wildman–Crippen MR) is 76.9 cm³/mol. The maximum absolute atomic E-state index is 12.0. The van der Waals surface area contributed by atoms with Crippen LogP contribution in [-0.4, -0.2) is 23.0 Å². The van der Waals surface area contributed by atoms with Gasteiger partial charge in [0, 0.05) is 15.7 Å². The molecule has 0 aliphatic carbocycles. The van der Waals surface area contributed by atoms with E-state index in [9.17, 15) is 9.59 Å². The van der Waals surface area contributed by atoms with E-state index in [4.69, 9.17) is 10.8 Å². The maximum Gasteiger partial charge on any atom is 0.326 e. The molecule has 0 unspecified atom stereocenters. The molecule has 1 aromatic carbocycles. The van der Waals surface area contributed by atoms with Gasteiger partial charge in [0.15, 0.2) is 0 Å². The smallest absolute Gasteiger partial charge is 0.326 e. The number of amides is 1. The third-order valence-electron chi connectivity index (χ3n) is 2.95. The number of hydrogen-bond donors (Lipinski definition) is 3. The number of nitrogen functional groups attached to an aromatic ring is 1. The molecule has 1 aromatic rings. The first kappa shape index (κ1) is 15.5. The van der Waals surface area contributed by atoms with E-state index < -0.39 is 17.9 Å². The van der Waals surface area contributed by atoms with Gasteiger partial charge in [0.1, 0.15) is 6.04 Å². The van der Waals surface area contributed by atoms with Crippen LogP contribution < -0.4 is 11.1 Å². The summed E-state index contributed by atoms with van der Waals surface area (Å²) < 4.78 is 0.674. The van der Waals surface area contributed by atoms with Crippen LogP contribution in [0.4, 0.5) is 5.69 Å². The highest BCUT2D eigenvalue weighted by Crippen LogP contribution is 2.18. The quantitative estimate of drug-likeness (QED) is 0.723. The average Bonchev–Trinajstić information content (AvgIpc) is 2.33. The minimum Gasteiger partial charge on any atom is -0.480 e. The van der Waals surface area contributed by atoms with E-state index in [0.29, 0.717) is 22.1 Å². The minimum atomic E-state index is -1.04. The molecule has 0 aromatic heterocycles. The molecule has 0 fully saturated rings. The highest BCUT2D eigenvalue weighted by Gasteiger charge is 2.25.